The molecule has 0 bridgehead atoms. The molecule has 0 aliphatic carbocycles. The summed E-state index contributed by atoms with van der Waals surface area (Å²) in [6.45, 7) is 9.32. The molecule has 1 aliphatic rings. The fourth-order valence-electron chi connectivity index (χ4n) is 5.67. The van der Waals surface area contributed by atoms with Crippen molar-refractivity contribution in [2.75, 3.05) is 38.1 Å². The quantitative estimate of drug-likeness (QED) is 0.349. The molecular weight excluding hydrogens is 624 g/mol. The lowest BCUT2D eigenvalue weighted by atomic mass is 10.0. The lowest BCUT2D eigenvalue weighted by Crippen LogP contribution is -2.48. The summed E-state index contributed by atoms with van der Waals surface area (Å²) < 4.78 is 46.8. The Hall–Kier alpha value is -3.94. The van der Waals surface area contributed by atoms with E-state index in [9.17, 15) is 23.1 Å². The summed E-state index contributed by atoms with van der Waals surface area (Å²) in [5.41, 5.74) is 1.09. The molecule has 4 rings (SSSR count). The van der Waals surface area contributed by atoms with Crippen LogP contribution >= 0.6 is 0 Å². The molecule has 0 radical (unpaired) electrons. The number of likely N-dealkylation sites (N-methyl/N-ethyl adjacent to an activating group) is 1. The highest BCUT2D eigenvalue weighted by Gasteiger charge is 2.32. The van der Waals surface area contributed by atoms with Crippen LogP contribution in [-0.2, 0) is 14.8 Å². The molecule has 2 amide bonds. The van der Waals surface area contributed by atoms with Gasteiger partial charge in [-0.25, -0.2) is 8.42 Å². The summed E-state index contributed by atoms with van der Waals surface area (Å²) >= 11 is 0. The number of nitrogens with zero attached hydrogens (tertiary/aromatic N) is 3. The fraction of sp³-hybridized carbons (Fsp3) is 0.500. The molecule has 3 aromatic rings. The summed E-state index contributed by atoms with van der Waals surface area (Å²) in [4.78, 5) is 30.6. The van der Waals surface area contributed by atoms with E-state index in [0.29, 0.717) is 30.9 Å². The second-order valence-corrected chi connectivity index (χ2v) is 13.9. The Morgan fingerprint density at radius 3 is 2.53 bits per heavy atom. The first-order chi connectivity index (χ1) is 22.3. The first-order valence-electron chi connectivity index (χ1n) is 15.9. The van der Waals surface area contributed by atoms with Crippen molar-refractivity contribution in [2.45, 2.75) is 77.0 Å². The number of fused-ring (bicyclic) bond motifs is 1. The normalized spacial score (nSPS) is 20.4. The molecule has 2 aromatic carbocycles. The van der Waals surface area contributed by atoms with E-state index in [1.54, 1.807) is 48.0 Å². The third-order valence-corrected chi connectivity index (χ3v) is 9.99. The molecule has 47 heavy (non-hydrogen) atoms. The average molecular weight is 671 g/mol. The maximum absolute atomic E-state index is 14.4. The van der Waals surface area contributed by atoms with E-state index in [-0.39, 0.29) is 58.7 Å². The number of aromatic nitrogens is 1. The molecule has 12 nitrogen and oxygen atoms in total. The Balaban J connectivity index is 1.67. The number of anilines is 1. The van der Waals surface area contributed by atoms with Gasteiger partial charge in [0.2, 0.25) is 0 Å². The number of nitrogens with one attached hydrogen (secondary N) is 1. The number of benzene rings is 2. The van der Waals surface area contributed by atoms with Gasteiger partial charge in [0.1, 0.15) is 11.4 Å². The number of aryl methyl sites for hydroxylation is 2. The Kier molecular flexibility index (Phi) is 12.0. The van der Waals surface area contributed by atoms with Crippen LogP contribution in [0.5, 0.6) is 5.75 Å². The molecule has 13 heteroatoms. The van der Waals surface area contributed by atoms with Crippen molar-refractivity contribution in [2.24, 2.45) is 5.92 Å². The Bertz CT molecular complexity index is 1610. The Morgan fingerprint density at radius 1 is 1.15 bits per heavy atom. The number of sulfonamides is 1. The summed E-state index contributed by atoms with van der Waals surface area (Å²) in [7, 11) is -2.35. The molecule has 256 valence electrons. The van der Waals surface area contributed by atoms with E-state index in [0.717, 1.165) is 12.8 Å². The molecule has 2 heterocycles. The van der Waals surface area contributed by atoms with Gasteiger partial charge in [-0.1, -0.05) is 30.3 Å². The van der Waals surface area contributed by atoms with Gasteiger partial charge in [0, 0.05) is 43.9 Å². The van der Waals surface area contributed by atoms with Crippen LogP contribution in [0.25, 0.3) is 0 Å². The molecule has 0 saturated carbocycles. The van der Waals surface area contributed by atoms with Crippen LogP contribution in [0.3, 0.4) is 0 Å². The zero-order valence-corrected chi connectivity index (χ0v) is 28.7. The van der Waals surface area contributed by atoms with Crippen molar-refractivity contribution in [3.63, 3.8) is 0 Å². The largest absolute Gasteiger partial charge is 0.490 e. The van der Waals surface area contributed by atoms with Gasteiger partial charge >= 0.3 is 0 Å². The number of rotatable bonds is 8. The van der Waals surface area contributed by atoms with Crippen LogP contribution < -0.4 is 9.46 Å². The minimum absolute atomic E-state index is 0.0695. The molecule has 0 unspecified atom stereocenters. The predicted octanol–water partition coefficient (Wildman–Crippen LogP) is 4.66. The number of hydrogen-bond acceptors (Lipinski definition) is 9. The van der Waals surface area contributed by atoms with E-state index in [4.69, 9.17) is 14.0 Å². The monoisotopic (exact) mass is 670 g/mol. The second kappa shape index (κ2) is 15.8. The number of carbonyl (C=O) groups excluding carboxylic acids is 2. The molecule has 2 N–H and O–H groups in total. The van der Waals surface area contributed by atoms with Crippen molar-refractivity contribution in [1.29, 1.82) is 0 Å². The van der Waals surface area contributed by atoms with Crippen molar-refractivity contribution in [3.8, 4) is 5.75 Å². The third kappa shape index (κ3) is 8.91. The van der Waals surface area contributed by atoms with Gasteiger partial charge in [-0.15, -0.1) is 0 Å². The topological polar surface area (TPSA) is 152 Å². The van der Waals surface area contributed by atoms with Crippen LogP contribution in [0.1, 0.15) is 72.2 Å². The van der Waals surface area contributed by atoms with Gasteiger partial charge in [0.25, 0.3) is 21.8 Å². The summed E-state index contributed by atoms with van der Waals surface area (Å²) in [6.07, 6.45) is 1.63. The van der Waals surface area contributed by atoms with Crippen molar-refractivity contribution < 1.29 is 37.1 Å². The number of aliphatic hydroxyl groups excluding tert-OH is 1. The first-order valence-corrected chi connectivity index (χ1v) is 17.4. The minimum Gasteiger partial charge on any atom is -0.490 e. The fourth-order valence-corrected chi connectivity index (χ4v) is 7.05. The van der Waals surface area contributed by atoms with Gasteiger partial charge in [-0.3, -0.25) is 14.3 Å². The molecule has 0 fully saturated rings. The van der Waals surface area contributed by atoms with E-state index in [1.165, 1.54) is 19.9 Å². The minimum atomic E-state index is -4.09. The van der Waals surface area contributed by atoms with Crippen LogP contribution in [0.4, 0.5) is 5.69 Å². The molecule has 0 spiro atoms. The first kappa shape index (κ1) is 35.9. The molecular formula is C34H46N4O8S. The standard InChI is InChI=1S/C34H46N4O8S/c1-22-19-38(23(2)21-39)34(41)29-18-28(36-47(42,43)32-25(4)35-46-26(32)5)15-16-30(29)45-24(3)12-10-11-17-44-31(22)20-37(6)33(40)27-13-8-7-9-14-27/h7-9,13-16,18,22-24,31,36,39H,10-12,17,19-21H2,1-6H3/t22-,23-,24-,31+/m1/s1. The van der Waals surface area contributed by atoms with Crippen molar-refractivity contribution in [1.82, 2.24) is 15.0 Å². The molecule has 1 aromatic heterocycles. The Morgan fingerprint density at radius 2 is 1.87 bits per heavy atom. The summed E-state index contributed by atoms with van der Waals surface area (Å²) in [6, 6.07) is 13.0. The second-order valence-electron chi connectivity index (χ2n) is 12.3. The van der Waals surface area contributed by atoms with Crippen molar-refractivity contribution >= 4 is 27.5 Å². The highest BCUT2D eigenvalue weighted by molar-refractivity contribution is 7.92. The summed E-state index contributed by atoms with van der Waals surface area (Å²) in [5.74, 6) is -0.367. The van der Waals surface area contributed by atoms with Crippen molar-refractivity contribution in [3.05, 3.63) is 71.1 Å². The average Bonchev–Trinajstić information content (AvgIpc) is 3.40. The number of hydrogen-bond donors (Lipinski definition) is 2. The van der Waals surface area contributed by atoms with Crippen LogP contribution in [0.15, 0.2) is 57.9 Å². The molecule has 0 saturated heterocycles. The van der Waals surface area contributed by atoms with Crippen LogP contribution in [0.2, 0.25) is 0 Å². The smallest absolute Gasteiger partial charge is 0.267 e. The Labute approximate surface area is 277 Å². The summed E-state index contributed by atoms with van der Waals surface area (Å²) in [5, 5.41) is 14.0. The SMILES string of the molecule is Cc1noc(C)c1S(=O)(=O)Nc1ccc2c(c1)C(=O)N([C@H](C)CO)C[C@@H](C)[C@H](CN(C)C(=O)c1ccccc1)OCCCC[C@@H](C)O2. The van der Waals surface area contributed by atoms with Gasteiger partial charge in [-0.05, 0) is 77.3 Å². The lowest BCUT2D eigenvalue weighted by Gasteiger charge is -2.36. The maximum atomic E-state index is 14.4. The molecule has 4 atom stereocenters. The van der Waals surface area contributed by atoms with Gasteiger partial charge in [0.15, 0.2) is 10.7 Å². The van der Waals surface area contributed by atoms with E-state index < -0.39 is 28.1 Å². The van der Waals surface area contributed by atoms with Gasteiger partial charge < -0.3 is 28.9 Å². The van der Waals surface area contributed by atoms with Crippen LogP contribution in [-0.4, -0.2) is 91.9 Å². The van der Waals surface area contributed by atoms with E-state index in [1.807, 2.05) is 32.0 Å². The number of aliphatic hydroxyl groups is 1. The van der Waals surface area contributed by atoms with E-state index in [2.05, 4.69) is 9.88 Å². The highest BCUT2D eigenvalue weighted by Crippen LogP contribution is 2.30. The number of ether oxygens (including phenoxy) is 2. The van der Waals surface area contributed by atoms with Gasteiger partial charge in [0.05, 0.1) is 30.4 Å². The maximum Gasteiger partial charge on any atom is 0.267 e. The third-order valence-electron chi connectivity index (χ3n) is 8.36. The number of amides is 2. The van der Waals surface area contributed by atoms with E-state index >= 15 is 0 Å². The zero-order valence-electron chi connectivity index (χ0n) is 27.9. The van der Waals surface area contributed by atoms with Crippen LogP contribution in [0, 0.1) is 19.8 Å². The van der Waals surface area contributed by atoms with Gasteiger partial charge in [-0.2, -0.15) is 0 Å². The zero-order chi connectivity index (χ0) is 34.3. The lowest BCUT2D eigenvalue weighted by molar-refractivity contribution is -0.0149. The highest BCUT2D eigenvalue weighted by atomic mass is 32.2. The predicted molar refractivity (Wildman–Crippen MR) is 177 cm³/mol. The molecule has 1 aliphatic heterocycles. The number of carbonyl (C=O) groups is 2.